The second-order valence-corrected chi connectivity index (χ2v) is 7.29. The quantitative estimate of drug-likeness (QED) is 0.476. The number of pyridine rings is 1. The molecule has 1 unspecified atom stereocenters. The first-order chi connectivity index (χ1) is 14.8. The number of alkyl halides is 3. The predicted octanol–water partition coefficient (Wildman–Crippen LogP) is 5.24. The van der Waals surface area contributed by atoms with Gasteiger partial charge >= 0.3 is 6.18 Å². The number of fused-ring (bicyclic) bond motifs is 1. The number of hydrogen-bond donors (Lipinski definition) is 1. The molecule has 2 aromatic heterocycles. The van der Waals surface area contributed by atoms with E-state index in [-0.39, 0.29) is 17.9 Å². The van der Waals surface area contributed by atoms with Crippen LogP contribution in [0.4, 0.5) is 18.9 Å². The normalized spacial score (nSPS) is 12.6. The minimum absolute atomic E-state index is 0.157. The Kier molecular flexibility index (Phi) is 5.46. The highest BCUT2D eigenvalue weighted by Crippen LogP contribution is 2.34. The monoisotopic (exact) mass is 424 g/mol. The maximum atomic E-state index is 12.8. The number of anilines is 1. The Balaban J connectivity index is 1.38. The molecule has 158 valence electrons. The molecule has 0 fully saturated rings. The van der Waals surface area contributed by atoms with Crippen LogP contribution in [0.5, 0.6) is 0 Å². The van der Waals surface area contributed by atoms with Crippen molar-refractivity contribution in [2.45, 2.75) is 25.4 Å². The Morgan fingerprint density at radius 2 is 1.74 bits per heavy atom. The molecule has 4 rings (SSSR count). The van der Waals surface area contributed by atoms with E-state index in [1.807, 2.05) is 42.6 Å². The Morgan fingerprint density at radius 3 is 2.42 bits per heavy atom. The zero-order valence-corrected chi connectivity index (χ0v) is 16.6. The lowest BCUT2D eigenvalue weighted by Crippen LogP contribution is -2.18. The lowest BCUT2D eigenvalue weighted by Gasteiger charge is -2.16. The average Bonchev–Trinajstić information content (AvgIpc) is 3.21. The second kappa shape index (κ2) is 8.22. The number of nitrogens with zero attached hydrogens (tertiary/aromatic N) is 3. The van der Waals surface area contributed by atoms with Crippen LogP contribution in [0.25, 0.3) is 16.8 Å². The number of benzene rings is 2. The minimum Gasteiger partial charge on any atom is -0.326 e. The number of halogens is 3. The molecule has 0 aliphatic rings. The smallest absolute Gasteiger partial charge is 0.326 e. The third kappa shape index (κ3) is 4.74. The van der Waals surface area contributed by atoms with Gasteiger partial charge in [-0.2, -0.15) is 18.3 Å². The molecule has 1 N–H and O–H groups in total. The van der Waals surface area contributed by atoms with Crippen LogP contribution in [0.2, 0.25) is 0 Å². The van der Waals surface area contributed by atoms with Crippen LogP contribution in [-0.2, 0) is 11.2 Å². The zero-order valence-electron chi connectivity index (χ0n) is 16.6. The average molecular weight is 424 g/mol. The molecule has 0 radical (unpaired) electrons. The van der Waals surface area contributed by atoms with E-state index >= 15 is 0 Å². The molecular formula is C23H19F3N4O. The molecule has 2 heterocycles. The molecule has 4 aromatic rings. The van der Waals surface area contributed by atoms with Gasteiger partial charge in [-0.1, -0.05) is 36.4 Å². The van der Waals surface area contributed by atoms with E-state index in [1.54, 1.807) is 4.52 Å². The fourth-order valence-electron chi connectivity index (χ4n) is 3.24. The van der Waals surface area contributed by atoms with Crippen molar-refractivity contribution in [2.24, 2.45) is 0 Å². The summed E-state index contributed by atoms with van der Waals surface area (Å²) in [7, 11) is 0. The maximum absolute atomic E-state index is 12.8. The van der Waals surface area contributed by atoms with Crippen LogP contribution in [0, 0.1) is 0 Å². The number of aromatic nitrogens is 3. The Bertz CT molecular complexity index is 1200. The molecule has 0 saturated carbocycles. The van der Waals surface area contributed by atoms with Gasteiger partial charge in [0.1, 0.15) is 6.33 Å². The van der Waals surface area contributed by atoms with E-state index in [0.717, 1.165) is 29.3 Å². The van der Waals surface area contributed by atoms with Gasteiger partial charge in [0, 0.05) is 11.9 Å². The van der Waals surface area contributed by atoms with E-state index in [1.165, 1.54) is 30.6 Å². The lowest BCUT2D eigenvalue weighted by molar-refractivity contribution is -0.146. The van der Waals surface area contributed by atoms with E-state index in [2.05, 4.69) is 15.4 Å². The van der Waals surface area contributed by atoms with Gasteiger partial charge in [-0.05, 0) is 53.4 Å². The van der Waals surface area contributed by atoms with Crippen molar-refractivity contribution >= 4 is 17.2 Å². The van der Waals surface area contributed by atoms with Gasteiger partial charge in [0.2, 0.25) is 5.91 Å². The molecular weight excluding hydrogens is 405 g/mol. The van der Waals surface area contributed by atoms with Crippen molar-refractivity contribution in [1.29, 1.82) is 0 Å². The number of rotatable bonds is 5. The molecule has 8 heteroatoms. The molecule has 0 aliphatic carbocycles. The molecule has 31 heavy (non-hydrogen) atoms. The van der Waals surface area contributed by atoms with Crippen LogP contribution < -0.4 is 5.32 Å². The summed E-state index contributed by atoms with van der Waals surface area (Å²) in [6.07, 6.45) is -0.812. The van der Waals surface area contributed by atoms with Crippen molar-refractivity contribution < 1.29 is 18.0 Å². The third-order valence-corrected chi connectivity index (χ3v) is 5.12. The van der Waals surface area contributed by atoms with E-state index < -0.39 is 12.1 Å². The summed E-state index contributed by atoms with van der Waals surface area (Å²) in [4.78, 5) is 16.5. The molecule has 0 saturated heterocycles. The van der Waals surface area contributed by atoms with Gasteiger partial charge in [0.05, 0.1) is 12.3 Å². The van der Waals surface area contributed by atoms with Crippen molar-refractivity contribution in [3.63, 3.8) is 0 Å². The molecule has 1 amide bonds. The van der Waals surface area contributed by atoms with Crippen molar-refractivity contribution in [2.75, 3.05) is 5.32 Å². The molecule has 1 atom stereocenters. The number of nitrogens with one attached hydrogen (secondary N) is 1. The molecule has 0 aliphatic heterocycles. The third-order valence-electron chi connectivity index (χ3n) is 5.12. The maximum Gasteiger partial charge on any atom is 0.395 e. The highest BCUT2D eigenvalue weighted by atomic mass is 19.4. The van der Waals surface area contributed by atoms with E-state index in [9.17, 15) is 18.0 Å². The molecule has 2 aromatic carbocycles. The van der Waals surface area contributed by atoms with Crippen LogP contribution >= 0.6 is 0 Å². The van der Waals surface area contributed by atoms with Crippen molar-refractivity contribution in [3.05, 3.63) is 84.3 Å². The summed E-state index contributed by atoms with van der Waals surface area (Å²) in [5.74, 6) is -1.80. The molecule has 5 nitrogen and oxygen atoms in total. The second-order valence-electron chi connectivity index (χ2n) is 7.29. The van der Waals surface area contributed by atoms with Gasteiger partial charge in [0.15, 0.2) is 5.65 Å². The summed E-state index contributed by atoms with van der Waals surface area (Å²) in [5, 5.41) is 6.79. The van der Waals surface area contributed by atoms with Crippen molar-refractivity contribution in [1.82, 2.24) is 14.6 Å². The zero-order chi connectivity index (χ0) is 22.0. The summed E-state index contributed by atoms with van der Waals surface area (Å²) < 4.78 is 40.1. The Labute approximate surface area is 176 Å². The summed E-state index contributed by atoms with van der Waals surface area (Å²) in [5.41, 5.74) is 4.17. The minimum atomic E-state index is -4.29. The summed E-state index contributed by atoms with van der Waals surface area (Å²) >= 11 is 0. The summed E-state index contributed by atoms with van der Waals surface area (Å²) in [6.45, 7) is 1.11. The van der Waals surface area contributed by atoms with Gasteiger partial charge in [-0.3, -0.25) is 4.79 Å². The Hall–Kier alpha value is -3.68. The lowest BCUT2D eigenvalue weighted by atomic mass is 10.0. The fraction of sp³-hybridized carbons (Fsp3) is 0.174. The predicted molar refractivity (Wildman–Crippen MR) is 112 cm³/mol. The van der Waals surface area contributed by atoms with Gasteiger partial charge < -0.3 is 5.32 Å². The van der Waals surface area contributed by atoms with Gasteiger partial charge in [-0.25, -0.2) is 9.50 Å². The van der Waals surface area contributed by atoms with Crippen molar-refractivity contribution in [3.8, 4) is 11.1 Å². The van der Waals surface area contributed by atoms with Crippen LogP contribution in [-0.4, -0.2) is 26.7 Å². The summed E-state index contributed by atoms with van der Waals surface area (Å²) in [6, 6.07) is 17.2. The number of hydrogen-bond acceptors (Lipinski definition) is 3. The van der Waals surface area contributed by atoms with Crippen LogP contribution in [0.3, 0.4) is 0 Å². The largest absolute Gasteiger partial charge is 0.395 e. The molecule has 0 bridgehead atoms. The standard InChI is InChI=1S/C23H19F3N4O/c1-15(23(24,25)26)17-6-8-20(9-7-17)29-22(31)12-16-2-4-18(5-3-16)19-10-11-30-21(13-19)27-14-28-30/h2-11,13-15H,12H2,1H3,(H,29,31). The highest BCUT2D eigenvalue weighted by molar-refractivity contribution is 5.92. The number of amides is 1. The first-order valence-electron chi connectivity index (χ1n) is 9.65. The Morgan fingerprint density at radius 1 is 1.03 bits per heavy atom. The number of carbonyl (C=O) groups is 1. The van der Waals surface area contributed by atoms with E-state index in [4.69, 9.17) is 0 Å². The first kappa shape index (κ1) is 20.6. The van der Waals surface area contributed by atoms with Crippen LogP contribution in [0.1, 0.15) is 24.0 Å². The van der Waals surface area contributed by atoms with Gasteiger partial charge in [0.25, 0.3) is 0 Å². The topological polar surface area (TPSA) is 59.3 Å². The molecule has 0 spiro atoms. The van der Waals surface area contributed by atoms with Gasteiger partial charge in [-0.15, -0.1) is 0 Å². The highest BCUT2D eigenvalue weighted by Gasteiger charge is 2.36. The van der Waals surface area contributed by atoms with E-state index in [0.29, 0.717) is 5.69 Å². The number of carbonyl (C=O) groups excluding carboxylic acids is 1. The SMILES string of the molecule is CC(c1ccc(NC(=O)Cc2ccc(-c3ccn4ncnc4c3)cc2)cc1)C(F)(F)F. The van der Waals surface area contributed by atoms with Crippen LogP contribution in [0.15, 0.2) is 73.2 Å². The fourth-order valence-corrected chi connectivity index (χ4v) is 3.24. The first-order valence-corrected chi connectivity index (χ1v) is 9.65.